The molecule has 0 atom stereocenters. The Labute approximate surface area is 78.4 Å². The molecule has 0 radical (unpaired) electrons. The molecular formula is C6H8B3N3O. The van der Waals surface area contributed by atoms with Gasteiger partial charge >= 0.3 is 0 Å². The second-order valence-corrected chi connectivity index (χ2v) is 3.13. The van der Waals surface area contributed by atoms with E-state index in [4.69, 9.17) is 4.52 Å². The standard InChI is InChI=1S/C6H8B3N3O/c7-5-1-6(11-13-5)9-4-2-10-12(8)3-4/h1-3,9H,7-8H2. The van der Waals surface area contributed by atoms with Gasteiger partial charge in [0.1, 0.15) is 0 Å². The molecule has 0 spiro atoms. The molecule has 13 heavy (non-hydrogen) atoms. The van der Waals surface area contributed by atoms with E-state index in [1.165, 1.54) is 0 Å². The van der Waals surface area contributed by atoms with Gasteiger partial charge in [0.15, 0.2) is 7.85 Å². The van der Waals surface area contributed by atoms with Gasteiger partial charge in [0.25, 0.3) is 0 Å². The highest BCUT2D eigenvalue weighted by molar-refractivity contribution is 6.66. The first-order valence-corrected chi connectivity index (χ1v) is 4.14. The van der Waals surface area contributed by atoms with Gasteiger partial charge in [-0.15, -0.1) is 0 Å². The van der Waals surface area contributed by atoms with Crippen molar-refractivity contribution in [1.29, 1.82) is 0 Å². The summed E-state index contributed by atoms with van der Waals surface area (Å²) in [6.07, 6.45) is 3.81. The van der Waals surface area contributed by atoms with Crippen molar-refractivity contribution in [2.75, 3.05) is 0 Å². The molecule has 0 unspecified atom stereocenters. The van der Waals surface area contributed by atoms with Crippen molar-refractivity contribution in [3.8, 4) is 0 Å². The summed E-state index contributed by atoms with van der Waals surface area (Å²) < 4.78 is 6.75. The monoisotopic (exact) mass is 171 g/mol. The first kappa shape index (κ1) is 8.22. The summed E-state index contributed by atoms with van der Waals surface area (Å²) in [6, 6.07) is 1.94. The molecule has 2 rings (SSSR count). The first-order chi connectivity index (χ1) is 6.24. The molecule has 0 aliphatic carbocycles. The molecule has 4 nitrogen and oxygen atoms in total. The zero-order valence-electron chi connectivity index (χ0n) is 7.69. The molecule has 0 N–H and O–H groups in total. The van der Waals surface area contributed by atoms with E-state index < -0.39 is 0 Å². The number of hydrogen-bond acceptors (Lipinski definition) is 3. The topological polar surface area (TPSA) is 43.9 Å². The fourth-order valence-corrected chi connectivity index (χ4v) is 1.27. The minimum absolute atomic E-state index is 0.783. The molecule has 0 saturated heterocycles. The molecule has 2 aromatic rings. The maximum Gasteiger partial charge on any atom is 0.248 e. The molecule has 0 amide bonds. The summed E-state index contributed by atoms with van der Waals surface area (Å²) in [6.45, 7) is 0. The zero-order valence-corrected chi connectivity index (χ0v) is 7.69. The van der Waals surface area contributed by atoms with Gasteiger partial charge in [0, 0.05) is 18.0 Å². The third kappa shape index (κ3) is 1.85. The molecular weight excluding hydrogens is 163 g/mol. The van der Waals surface area contributed by atoms with Crippen LogP contribution in [-0.4, -0.2) is 38.0 Å². The molecule has 0 aliphatic heterocycles. The summed E-state index contributed by atoms with van der Waals surface area (Å²) >= 11 is 0. The molecule has 2 heterocycles. The fraction of sp³-hybridized carbons (Fsp3) is 0. The lowest BCUT2D eigenvalue weighted by atomic mass is 9.68. The predicted molar refractivity (Wildman–Crippen MR) is 57.3 cm³/mol. The fourth-order valence-electron chi connectivity index (χ4n) is 1.27. The molecule has 2 aromatic heterocycles. The quantitative estimate of drug-likeness (QED) is 0.431. The van der Waals surface area contributed by atoms with Gasteiger partial charge in [-0.3, -0.25) is 0 Å². The van der Waals surface area contributed by atoms with Crippen LogP contribution in [0.1, 0.15) is 0 Å². The van der Waals surface area contributed by atoms with Crippen molar-refractivity contribution in [2.45, 2.75) is 0 Å². The lowest BCUT2D eigenvalue weighted by molar-refractivity contribution is 0.452. The van der Waals surface area contributed by atoms with Gasteiger partial charge in [-0.25, -0.2) is 0 Å². The van der Waals surface area contributed by atoms with Crippen LogP contribution in [0.5, 0.6) is 0 Å². The zero-order chi connectivity index (χ0) is 9.26. The predicted octanol–water partition coefficient (Wildman–Crippen LogP) is -4.09. The summed E-state index contributed by atoms with van der Waals surface area (Å²) in [5, 5.41) is 7.99. The van der Waals surface area contributed by atoms with Gasteiger partial charge in [-0.05, 0) is 11.5 Å². The minimum atomic E-state index is 0.783. The average Bonchev–Trinajstić information content (AvgIpc) is 2.62. The van der Waals surface area contributed by atoms with Gasteiger partial charge in [0.2, 0.25) is 15.3 Å². The van der Waals surface area contributed by atoms with E-state index in [0.717, 1.165) is 24.0 Å². The summed E-state index contributed by atoms with van der Waals surface area (Å²) in [5.41, 5.74) is 2.94. The van der Waals surface area contributed by atoms with Gasteiger partial charge in [-0.2, -0.15) is 5.10 Å². The summed E-state index contributed by atoms with van der Waals surface area (Å²) in [5.74, 6) is 0. The van der Waals surface area contributed by atoms with E-state index in [2.05, 4.69) is 10.3 Å². The van der Waals surface area contributed by atoms with Gasteiger partial charge in [-0.1, -0.05) is 5.16 Å². The first-order valence-electron chi connectivity index (χ1n) is 4.14. The number of rotatable bonds is 2. The molecule has 0 saturated carbocycles. The highest BCUT2D eigenvalue weighted by Crippen LogP contribution is 1.76. The van der Waals surface area contributed by atoms with Crippen LogP contribution < -0.4 is 16.7 Å². The lowest BCUT2D eigenvalue weighted by Crippen LogP contribution is -2.27. The highest BCUT2D eigenvalue weighted by Gasteiger charge is 2.05. The molecule has 0 fully saturated rings. The molecule has 0 bridgehead atoms. The Morgan fingerprint density at radius 3 is 2.92 bits per heavy atom. The van der Waals surface area contributed by atoms with Crippen LogP contribution in [0, 0.1) is 0 Å². The number of hydrogen-bond donors (Lipinski definition) is 0. The van der Waals surface area contributed by atoms with Crippen LogP contribution in [0.25, 0.3) is 0 Å². The average molecular weight is 171 g/mol. The van der Waals surface area contributed by atoms with Crippen LogP contribution in [0.2, 0.25) is 0 Å². The smallest absolute Gasteiger partial charge is 0.248 e. The van der Waals surface area contributed by atoms with E-state index in [1.807, 2.05) is 34.3 Å². The largest absolute Gasteiger partial charge is 0.373 e. The lowest BCUT2D eigenvalue weighted by Gasteiger charge is -1.86. The van der Waals surface area contributed by atoms with E-state index in [1.54, 1.807) is 4.59 Å². The van der Waals surface area contributed by atoms with Crippen molar-refractivity contribution < 1.29 is 4.52 Å². The normalized spacial score (nSPS) is 10.2. The molecule has 0 aromatic carbocycles. The minimum Gasteiger partial charge on any atom is -0.373 e. The van der Waals surface area contributed by atoms with Crippen LogP contribution in [0.15, 0.2) is 23.0 Å². The van der Waals surface area contributed by atoms with Gasteiger partial charge < -0.3 is 9.12 Å². The van der Waals surface area contributed by atoms with Crippen molar-refractivity contribution in [1.82, 2.24) is 14.8 Å². The second-order valence-electron chi connectivity index (χ2n) is 3.13. The van der Waals surface area contributed by atoms with Crippen molar-refractivity contribution in [3.63, 3.8) is 0 Å². The Bertz CT molecular complexity index is 372. The second kappa shape index (κ2) is 3.16. The number of nitrogens with zero attached hydrogens (tertiary/aromatic N) is 3. The Morgan fingerprint density at radius 2 is 2.38 bits per heavy atom. The van der Waals surface area contributed by atoms with Crippen molar-refractivity contribution in [2.24, 2.45) is 0 Å². The molecule has 0 aliphatic rings. The third-order valence-corrected chi connectivity index (χ3v) is 1.82. The Kier molecular flexibility index (Phi) is 2.00. The summed E-state index contributed by atoms with van der Waals surface area (Å²) in [7, 11) is 4.57. The van der Waals surface area contributed by atoms with E-state index in [0.29, 0.717) is 0 Å². The Morgan fingerprint density at radius 1 is 1.54 bits per heavy atom. The third-order valence-electron chi connectivity index (χ3n) is 1.82. The Balaban J connectivity index is 2.14. The highest BCUT2D eigenvalue weighted by atomic mass is 16.5. The van der Waals surface area contributed by atoms with E-state index >= 15 is 0 Å². The van der Waals surface area contributed by atoms with Crippen LogP contribution >= 0.6 is 0 Å². The van der Waals surface area contributed by atoms with Crippen molar-refractivity contribution in [3.05, 3.63) is 18.5 Å². The SMILES string of the molecule is Bc1cc(Bc2cnn(B)c2)no1. The Hall–Kier alpha value is -1.39. The maximum atomic E-state index is 4.97. The maximum absolute atomic E-state index is 4.97. The van der Waals surface area contributed by atoms with Gasteiger partial charge in [0.05, 0.1) is 5.66 Å². The summed E-state index contributed by atoms with van der Waals surface area (Å²) in [4.78, 5) is 0. The van der Waals surface area contributed by atoms with E-state index in [9.17, 15) is 0 Å². The van der Waals surface area contributed by atoms with Crippen LogP contribution in [0.3, 0.4) is 0 Å². The van der Waals surface area contributed by atoms with Crippen molar-refractivity contribution >= 4 is 39.8 Å². The molecule has 62 valence electrons. The van der Waals surface area contributed by atoms with Crippen LogP contribution in [-0.2, 0) is 0 Å². The van der Waals surface area contributed by atoms with Crippen LogP contribution in [0.4, 0.5) is 0 Å². The number of aromatic nitrogens is 3. The molecule has 7 heteroatoms. The van der Waals surface area contributed by atoms with E-state index in [-0.39, 0.29) is 0 Å².